The van der Waals surface area contributed by atoms with E-state index in [1.54, 1.807) is 6.07 Å². The highest BCUT2D eigenvalue weighted by Crippen LogP contribution is 2.44. The lowest BCUT2D eigenvalue weighted by atomic mass is 9.92. The van der Waals surface area contributed by atoms with E-state index >= 15 is 0 Å². The number of ether oxygens (including phenoxy) is 1. The van der Waals surface area contributed by atoms with Gasteiger partial charge in [-0.15, -0.1) is 0 Å². The summed E-state index contributed by atoms with van der Waals surface area (Å²) >= 11 is 0. The fourth-order valence-corrected chi connectivity index (χ4v) is 2.28. The van der Waals surface area contributed by atoms with Gasteiger partial charge in [-0.1, -0.05) is 6.92 Å². The first kappa shape index (κ1) is 14.7. The molecule has 0 spiro atoms. The molecule has 4 atom stereocenters. The number of nitrogens with zero attached hydrogens (tertiary/aromatic N) is 1. The number of hydrogen-bond acceptors (Lipinski definition) is 5. The molecule has 4 unspecified atom stereocenters. The van der Waals surface area contributed by atoms with E-state index in [1.807, 2.05) is 6.92 Å². The third kappa shape index (κ3) is 5.20. The second-order valence-corrected chi connectivity index (χ2v) is 5.39. The molecule has 0 aromatic heterocycles. The number of phosphoric acid groups is 1. The smallest absolute Gasteiger partial charge is 0.382 e. The van der Waals surface area contributed by atoms with E-state index in [4.69, 9.17) is 22.4 Å². The molecule has 1 heterocycles. The average molecular weight is 259 g/mol. The standard InChI is InChI=1S/C9H15BNO5P/c1-7-5-9(10)16-8(7)6-15-17(12,13)14-4-2-3-11/h7-9H,2,4-6H2,1H3,(H,12,13). The van der Waals surface area contributed by atoms with E-state index in [0.717, 1.165) is 0 Å². The molecule has 94 valence electrons. The summed E-state index contributed by atoms with van der Waals surface area (Å²) in [4.78, 5) is 9.27. The lowest BCUT2D eigenvalue weighted by Crippen LogP contribution is -2.21. The molecule has 1 aliphatic heterocycles. The third-order valence-corrected chi connectivity index (χ3v) is 3.44. The van der Waals surface area contributed by atoms with Gasteiger partial charge in [0.05, 0.1) is 31.8 Å². The van der Waals surface area contributed by atoms with Gasteiger partial charge < -0.3 is 9.63 Å². The number of rotatable bonds is 6. The molecule has 1 rings (SSSR count). The van der Waals surface area contributed by atoms with Crippen molar-refractivity contribution in [1.29, 1.82) is 5.26 Å². The van der Waals surface area contributed by atoms with Crippen molar-refractivity contribution < 1.29 is 23.2 Å². The molecular weight excluding hydrogens is 244 g/mol. The molecular formula is C9H15BNO5P. The molecule has 0 bridgehead atoms. The SMILES string of the molecule is [B]C1CC(C)C(COP(=O)(O)OCCC#N)O1. The van der Waals surface area contributed by atoms with Crippen LogP contribution in [0.4, 0.5) is 0 Å². The minimum atomic E-state index is -4.09. The molecule has 2 radical (unpaired) electrons. The second kappa shape index (κ2) is 6.53. The molecule has 0 amide bonds. The molecule has 0 saturated carbocycles. The number of phosphoric ester groups is 1. The van der Waals surface area contributed by atoms with Crippen molar-refractivity contribution in [1.82, 2.24) is 0 Å². The lowest BCUT2D eigenvalue weighted by Gasteiger charge is -2.17. The summed E-state index contributed by atoms with van der Waals surface area (Å²) in [6.45, 7) is 1.75. The van der Waals surface area contributed by atoms with Crippen LogP contribution < -0.4 is 0 Å². The molecule has 17 heavy (non-hydrogen) atoms. The Hall–Kier alpha value is -0.375. The summed E-state index contributed by atoms with van der Waals surface area (Å²) in [5.74, 6) is 0.170. The van der Waals surface area contributed by atoms with Crippen LogP contribution in [0.25, 0.3) is 0 Å². The van der Waals surface area contributed by atoms with Crippen LogP contribution in [0.5, 0.6) is 0 Å². The van der Waals surface area contributed by atoms with Gasteiger partial charge in [0.15, 0.2) is 0 Å². The Labute approximate surface area is 102 Å². The van der Waals surface area contributed by atoms with E-state index in [-0.39, 0.29) is 37.7 Å². The summed E-state index contributed by atoms with van der Waals surface area (Å²) < 4.78 is 26.0. The van der Waals surface area contributed by atoms with Gasteiger partial charge in [0.25, 0.3) is 0 Å². The molecule has 1 N–H and O–H groups in total. The van der Waals surface area contributed by atoms with E-state index < -0.39 is 7.82 Å². The Bertz CT molecular complexity index is 334. The maximum Gasteiger partial charge on any atom is 0.472 e. The second-order valence-electron chi connectivity index (χ2n) is 3.93. The Morgan fingerprint density at radius 3 is 2.88 bits per heavy atom. The van der Waals surface area contributed by atoms with Gasteiger partial charge in [-0.2, -0.15) is 5.26 Å². The van der Waals surface area contributed by atoms with E-state index in [0.29, 0.717) is 6.42 Å². The summed E-state index contributed by atoms with van der Waals surface area (Å²) in [5, 5.41) is 8.25. The van der Waals surface area contributed by atoms with Crippen LogP contribution in [-0.2, 0) is 18.3 Å². The maximum absolute atomic E-state index is 11.3. The Kier molecular flexibility index (Phi) is 5.64. The fourth-order valence-electron chi connectivity index (χ4n) is 1.55. The van der Waals surface area contributed by atoms with Crippen molar-refractivity contribution >= 4 is 15.7 Å². The van der Waals surface area contributed by atoms with Crippen molar-refractivity contribution in [2.45, 2.75) is 31.9 Å². The van der Waals surface area contributed by atoms with Crippen molar-refractivity contribution in [2.24, 2.45) is 5.92 Å². The highest BCUT2D eigenvalue weighted by Gasteiger charge is 2.32. The van der Waals surface area contributed by atoms with Crippen molar-refractivity contribution in [3.63, 3.8) is 0 Å². The molecule has 0 aliphatic carbocycles. The van der Waals surface area contributed by atoms with Crippen LogP contribution in [0.1, 0.15) is 19.8 Å². The monoisotopic (exact) mass is 259 g/mol. The highest BCUT2D eigenvalue weighted by atomic mass is 31.2. The Balaban J connectivity index is 2.29. The summed E-state index contributed by atoms with van der Waals surface area (Å²) in [6, 6.07) is 1.45. The van der Waals surface area contributed by atoms with Crippen molar-refractivity contribution in [3.8, 4) is 6.07 Å². The minimum absolute atomic E-state index is 0.0368. The molecule has 0 aromatic rings. The predicted octanol–water partition coefficient (Wildman–Crippen LogP) is 0.953. The highest BCUT2D eigenvalue weighted by molar-refractivity contribution is 7.47. The molecule has 6 nitrogen and oxygen atoms in total. The average Bonchev–Trinajstić information content (AvgIpc) is 2.55. The fraction of sp³-hybridized carbons (Fsp3) is 0.889. The summed E-state index contributed by atoms with van der Waals surface area (Å²) in [6.07, 6.45) is 0.429. The molecule has 1 saturated heterocycles. The van der Waals surface area contributed by atoms with Crippen molar-refractivity contribution in [2.75, 3.05) is 13.2 Å². The van der Waals surface area contributed by atoms with E-state index in [1.165, 1.54) is 0 Å². The van der Waals surface area contributed by atoms with Crippen LogP contribution >= 0.6 is 7.82 Å². The molecule has 0 aromatic carbocycles. The largest absolute Gasteiger partial charge is 0.472 e. The van der Waals surface area contributed by atoms with Crippen LogP contribution in [0, 0.1) is 17.2 Å². The number of nitriles is 1. The normalized spacial score (nSPS) is 31.9. The first-order valence-electron chi connectivity index (χ1n) is 5.34. The van der Waals surface area contributed by atoms with Crippen LogP contribution in [0.15, 0.2) is 0 Å². The molecule has 1 fully saturated rings. The summed E-state index contributed by atoms with van der Waals surface area (Å²) in [7, 11) is 1.48. The van der Waals surface area contributed by atoms with Crippen LogP contribution in [-0.4, -0.2) is 38.1 Å². The predicted molar refractivity (Wildman–Crippen MR) is 60.2 cm³/mol. The zero-order valence-corrected chi connectivity index (χ0v) is 10.5. The van der Waals surface area contributed by atoms with Gasteiger partial charge in [0.2, 0.25) is 0 Å². The Morgan fingerprint density at radius 2 is 2.35 bits per heavy atom. The zero-order valence-electron chi connectivity index (χ0n) is 9.61. The van der Waals surface area contributed by atoms with E-state index in [9.17, 15) is 9.46 Å². The zero-order chi connectivity index (χ0) is 12.9. The van der Waals surface area contributed by atoms with Gasteiger partial charge >= 0.3 is 7.82 Å². The molecule has 1 aliphatic rings. The third-order valence-electron chi connectivity index (χ3n) is 2.46. The Morgan fingerprint density at radius 1 is 1.65 bits per heavy atom. The van der Waals surface area contributed by atoms with Crippen LogP contribution in [0.3, 0.4) is 0 Å². The lowest BCUT2D eigenvalue weighted by molar-refractivity contribution is 0.0231. The van der Waals surface area contributed by atoms with Gasteiger partial charge in [-0.25, -0.2) is 4.57 Å². The minimum Gasteiger partial charge on any atom is -0.382 e. The van der Waals surface area contributed by atoms with E-state index in [2.05, 4.69) is 4.52 Å². The van der Waals surface area contributed by atoms with Crippen molar-refractivity contribution in [3.05, 3.63) is 0 Å². The van der Waals surface area contributed by atoms with Gasteiger partial charge in [0.1, 0.15) is 7.85 Å². The first-order chi connectivity index (χ1) is 7.94. The quantitative estimate of drug-likeness (QED) is 0.434. The van der Waals surface area contributed by atoms with Crippen LogP contribution in [0.2, 0.25) is 0 Å². The first-order valence-corrected chi connectivity index (χ1v) is 6.84. The number of hydrogen-bond donors (Lipinski definition) is 1. The topological polar surface area (TPSA) is 88.8 Å². The van der Waals surface area contributed by atoms with Gasteiger partial charge in [0, 0.05) is 6.00 Å². The van der Waals surface area contributed by atoms with Gasteiger partial charge in [-0.05, 0) is 12.3 Å². The van der Waals surface area contributed by atoms with Gasteiger partial charge in [-0.3, -0.25) is 9.05 Å². The molecule has 8 heteroatoms. The summed E-state index contributed by atoms with van der Waals surface area (Å²) in [5.41, 5.74) is 0. The maximum atomic E-state index is 11.3.